The highest BCUT2D eigenvalue weighted by Gasteiger charge is 1.87. The highest BCUT2D eigenvalue weighted by Crippen LogP contribution is 2.09. The lowest BCUT2D eigenvalue weighted by molar-refractivity contribution is -0.366. The average molecular weight is 137 g/mol. The van der Waals surface area contributed by atoms with E-state index >= 15 is 0 Å². The zero-order chi connectivity index (χ0) is 7.40. The second-order valence-electron chi connectivity index (χ2n) is 2.12. The molecule has 0 spiro atoms. The predicted octanol–water partition coefficient (Wildman–Crippen LogP) is 0.295. The van der Waals surface area contributed by atoms with Crippen LogP contribution >= 0.6 is 0 Å². The second kappa shape index (κ2) is 3.22. The van der Waals surface area contributed by atoms with Crippen molar-refractivity contribution in [2.45, 2.75) is 6.42 Å². The minimum atomic E-state index is -0.0925. The van der Waals surface area contributed by atoms with E-state index in [-0.39, 0.29) is 12.4 Å². The van der Waals surface area contributed by atoms with Crippen molar-refractivity contribution >= 4 is 0 Å². The molecule has 0 aliphatic carbocycles. The number of aromatic hydroxyl groups is 1. The fourth-order valence-electron chi connectivity index (χ4n) is 0.780. The Labute approximate surface area is 59.7 Å². The zero-order valence-corrected chi connectivity index (χ0v) is 5.58. The van der Waals surface area contributed by atoms with Crippen LogP contribution in [-0.4, -0.2) is 11.7 Å². The Balaban J connectivity index is 2.69. The molecule has 1 N–H and O–H groups in total. The first-order chi connectivity index (χ1) is 4.83. The standard InChI is InChI=1S/C8H9O2/c9-6-5-7-1-3-8(10)4-2-7/h1-4,10H,5-6H2/q-1. The molecule has 1 aromatic carbocycles. The van der Waals surface area contributed by atoms with Crippen molar-refractivity contribution in [1.82, 2.24) is 0 Å². The van der Waals surface area contributed by atoms with Gasteiger partial charge in [0.05, 0.1) is 0 Å². The molecule has 0 bridgehead atoms. The van der Waals surface area contributed by atoms with Crippen LogP contribution in [0.1, 0.15) is 5.56 Å². The molecule has 0 unspecified atom stereocenters. The van der Waals surface area contributed by atoms with Crippen LogP contribution in [0, 0.1) is 0 Å². The van der Waals surface area contributed by atoms with Gasteiger partial charge in [0.25, 0.3) is 0 Å². The number of hydrogen-bond donors (Lipinski definition) is 1. The quantitative estimate of drug-likeness (QED) is 0.636. The summed E-state index contributed by atoms with van der Waals surface area (Å²) in [4.78, 5) is 0. The molecule has 0 heterocycles. The van der Waals surface area contributed by atoms with Gasteiger partial charge >= 0.3 is 0 Å². The van der Waals surface area contributed by atoms with Crippen molar-refractivity contribution in [3.8, 4) is 5.75 Å². The van der Waals surface area contributed by atoms with Crippen LogP contribution in [0.5, 0.6) is 5.75 Å². The summed E-state index contributed by atoms with van der Waals surface area (Å²) in [6.07, 6.45) is 0.542. The molecule has 2 nitrogen and oxygen atoms in total. The van der Waals surface area contributed by atoms with Crippen LogP contribution in [0.15, 0.2) is 24.3 Å². The molecule has 54 valence electrons. The molecule has 0 aromatic heterocycles. The van der Waals surface area contributed by atoms with Crippen molar-refractivity contribution < 1.29 is 10.2 Å². The van der Waals surface area contributed by atoms with E-state index in [0.717, 1.165) is 5.56 Å². The monoisotopic (exact) mass is 137 g/mol. The third kappa shape index (κ3) is 1.74. The molecular formula is C8H9O2-. The normalized spacial score (nSPS) is 9.70. The summed E-state index contributed by atoms with van der Waals surface area (Å²) in [7, 11) is 0. The molecule has 0 atom stereocenters. The lowest BCUT2D eigenvalue weighted by atomic mass is 10.2. The number of phenols is 1. The van der Waals surface area contributed by atoms with Gasteiger partial charge < -0.3 is 10.2 Å². The van der Waals surface area contributed by atoms with Crippen LogP contribution in [0.2, 0.25) is 0 Å². The molecule has 1 rings (SSSR count). The summed E-state index contributed by atoms with van der Waals surface area (Å²) < 4.78 is 0. The van der Waals surface area contributed by atoms with Gasteiger partial charge in [0.15, 0.2) is 0 Å². The number of phenolic OH excluding ortho intramolecular Hbond substituents is 1. The predicted molar refractivity (Wildman–Crippen MR) is 36.7 cm³/mol. The number of rotatable bonds is 2. The Morgan fingerprint density at radius 3 is 2.30 bits per heavy atom. The first-order valence-electron chi connectivity index (χ1n) is 3.19. The fraction of sp³-hybridized carbons (Fsp3) is 0.250. The van der Waals surface area contributed by atoms with E-state index in [0.29, 0.717) is 6.42 Å². The van der Waals surface area contributed by atoms with Gasteiger partial charge in [0, 0.05) is 0 Å². The molecule has 10 heavy (non-hydrogen) atoms. The molecule has 0 fully saturated rings. The maximum absolute atomic E-state index is 10.1. The van der Waals surface area contributed by atoms with Crippen molar-refractivity contribution in [1.29, 1.82) is 0 Å². The minimum absolute atomic E-state index is 0.0925. The summed E-state index contributed by atoms with van der Waals surface area (Å²) in [5.41, 5.74) is 0.979. The Morgan fingerprint density at radius 1 is 1.20 bits per heavy atom. The van der Waals surface area contributed by atoms with Crippen LogP contribution in [0.3, 0.4) is 0 Å². The van der Waals surface area contributed by atoms with Crippen molar-refractivity contribution in [2.24, 2.45) is 0 Å². The average Bonchev–Trinajstić information content (AvgIpc) is 1.95. The van der Waals surface area contributed by atoms with E-state index in [1.807, 2.05) is 0 Å². The van der Waals surface area contributed by atoms with Gasteiger partial charge in [-0.1, -0.05) is 12.1 Å². The molecule has 1 aromatic rings. The van der Waals surface area contributed by atoms with Crippen LogP contribution in [-0.2, 0) is 6.42 Å². The SMILES string of the molecule is [O-]CCc1ccc(O)cc1. The molecule has 0 aliphatic rings. The number of benzene rings is 1. The van der Waals surface area contributed by atoms with Gasteiger partial charge in [-0.25, -0.2) is 0 Å². The first kappa shape index (κ1) is 7.09. The summed E-state index contributed by atoms with van der Waals surface area (Å²) in [5, 5.41) is 19.0. The van der Waals surface area contributed by atoms with Crippen LogP contribution < -0.4 is 5.11 Å². The lowest BCUT2D eigenvalue weighted by Crippen LogP contribution is -2.07. The fourth-order valence-corrected chi connectivity index (χ4v) is 0.780. The Bertz CT molecular complexity index is 191. The Kier molecular flexibility index (Phi) is 2.29. The summed E-state index contributed by atoms with van der Waals surface area (Å²) >= 11 is 0. The summed E-state index contributed by atoms with van der Waals surface area (Å²) in [6, 6.07) is 6.69. The van der Waals surface area contributed by atoms with E-state index in [2.05, 4.69) is 0 Å². The van der Waals surface area contributed by atoms with E-state index < -0.39 is 0 Å². The third-order valence-electron chi connectivity index (χ3n) is 1.33. The second-order valence-corrected chi connectivity index (χ2v) is 2.12. The Morgan fingerprint density at radius 2 is 1.80 bits per heavy atom. The van der Waals surface area contributed by atoms with Gasteiger partial charge in [-0.2, -0.15) is 0 Å². The first-order valence-corrected chi connectivity index (χ1v) is 3.19. The zero-order valence-electron chi connectivity index (χ0n) is 5.58. The highest BCUT2D eigenvalue weighted by molar-refractivity contribution is 5.25. The van der Waals surface area contributed by atoms with E-state index in [1.54, 1.807) is 24.3 Å². The molecular weight excluding hydrogens is 128 g/mol. The van der Waals surface area contributed by atoms with Gasteiger partial charge in [-0.15, -0.1) is 6.61 Å². The molecule has 0 aliphatic heterocycles. The Hall–Kier alpha value is -1.02. The molecule has 0 amide bonds. The van der Waals surface area contributed by atoms with Gasteiger partial charge in [-0.05, 0) is 24.1 Å². The van der Waals surface area contributed by atoms with Crippen molar-refractivity contribution in [3.05, 3.63) is 29.8 Å². The van der Waals surface area contributed by atoms with E-state index in [4.69, 9.17) is 5.11 Å². The molecule has 0 saturated carbocycles. The topological polar surface area (TPSA) is 43.3 Å². The summed E-state index contributed by atoms with van der Waals surface area (Å²) in [6.45, 7) is -0.0925. The maximum Gasteiger partial charge on any atom is 0.115 e. The molecule has 0 saturated heterocycles. The van der Waals surface area contributed by atoms with Crippen LogP contribution in [0.4, 0.5) is 0 Å². The molecule has 2 heteroatoms. The third-order valence-corrected chi connectivity index (χ3v) is 1.33. The van der Waals surface area contributed by atoms with Gasteiger partial charge in [-0.3, -0.25) is 0 Å². The largest absolute Gasteiger partial charge is 0.854 e. The smallest absolute Gasteiger partial charge is 0.115 e. The maximum atomic E-state index is 10.1. The minimum Gasteiger partial charge on any atom is -0.854 e. The molecule has 0 radical (unpaired) electrons. The van der Waals surface area contributed by atoms with E-state index in [1.165, 1.54) is 0 Å². The summed E-state index contributed by atoms with van der Waals surface area (Å²) in [5.74, 6) is 0.245. The van der Waals surface area contributed by atoms with Gasteiger partial charge in [0.1, 0.15) is 5.75 Å². The van der Waals surface area contributed by atoms with Crippen molar-refractivity contribution in [2.75, 3.05) is 6.61 Å². The lowest BCUT2D eigenvalue weighted by Gasteiger charge is -2.02. The van der Waals surface area contributed by atoms with Crippen LogP contribution in [0.25, 0.3) is 0 Å². The van der Waals surface area contributed by atoms with Gasteiger partial charge in [0.2, 0.25) is 0 Å². The highest BCUT2D eigenvalue weighted by atomic mass is 16.3. The number of hydrogen-bond acceptors (Lipinski definition) is 2. The van der Waals surface area contributed by atoms with Crippen molar-refractivity contribution in [3.63, 3.8) is 0 Å². The van der Waals surface area contributed by atoms with E-state index in [9.17, 15) is 5.11 Å².